The summed E-state index contributed by atoms with van der Waals surface area (Å²) in [6, 6.07) is 0. The minimum Gasteiger partial charge on any atom is -0.301 e. The highest BCUT2D eigenvalue weighted by Gasteiger charge is 2.38. The van der Waals surface area contributed by atoms with Crippen LogP contribution in [0.3, 0.4) is 0 Å². The van der Waals surface area contributed by atoms with Gasteiger partial charge in [0, 0.05) is 0 Å². The lowest BCUT2D eigenvalue weighted by Crippen LogP contribution is -2.09. The van der Waals surface area contributed by atoms with Crippen LogP contribution in [0.25, 0.3) is 0 Å². The van der Waals surface area contributed by atoms with Crippen molar-refractivity contribution in [3.63, 3.8) is 0 Å². The highest BCUT2D eigenvalue weighted by Crippen LogP contribution is 2.35. The predicted octanol–water partition coefficient (Wildman–Crippen LogP) is 2.06. The Kier molecular flexibility index (Phi) is 2.84. The monoisotopic (exact) mass is 226 g/mol. The first-order valence-corrected chi connectivity index (χ1v) is 3.99. The Morgan fingerprint density at radius 1 is 1.57 bits per heavy atom. The largest absolute Gasteiger partial charge is 0.436 e. The van der Waals surface area contributed by atoms with Crippen molar-refractivity contribution in [1.29, 1.82) is 0 Å². The summed E-state index contributed by atoms with van der Waals surface area (Å²) in [7, 11) is 0. The minimum absolute atomic E-state index is 0.131. The number of carbonyl (C=O) groups is 1. The minimum atomic E-state index is -4.59. The molecule has 0 aliphatic heterocycles. The van der Waals surface area contributed by atoms with Crippen LogP contribution in [0.15, 0.2) is 0 Å². The zero-order valence-corrected chi connectivity index (χ0v) is 7.85. The van der Waals surface area contributed by atoms with E-state index in [1.54, 1.807) is 0 Å². The van der Waals surface area contributed by atoms with Gasteiger partial charge in [0.05, 0.1) is 17.3 Å². The molecule has 7 heteroatoms. The highest BCUT2D eigenvalue weighted by atomic mass is 35.5. The van der Waals surface area contributed by atoms with Crippen molar-refractivity contribution in [1.82, 2.24) is 9.78 Å². The second-order valence-corrected chi connectivity index (χ2v) is 2.97. The Labute approximate surface area is 82.5 Å². The van der Waals surface area contributed by atoms with E-state index in [4.69, 9.17) is 11.6 Å². The van der Waals surface area contributed by atoms with Crippen LogP contribution in [0, 0.1) is 6.92 Å². The molecule has 1 heterocycles. The van der Waals surface area contributed by atoms with Crippen molar-refractivity contribution in [3.8, 4) is 0 Å². The number of halogens is 4. The molecule has 0 radical (unpaired) electrons. The van der Waals surface area contributed by atoms with E-state index < -0.39 is 16.9 Å². The smallest absolute Gasteiger partial charge is 0.301 e. The number of aromatic nitrogens is 2. The molecule has 0 saturated heterocycles. The van der Waals surface area contributed by atoms with E-state index >= 15 is 0 Å². The molecule has 0 unspecified atom stereocenters. The lowest BCUT2D eigenvalue weighted by molar-refractivity contribution is -0.141. The van der Waals surface area contributed by atoms with Gasteiger partial charge >= 0.3 is 6.18 Å². The quantitative estimate of drug-likeness (QED) is 0.724. The van der Waals surface area contributed by atoms with E-state index in [2.05, 4.69) is 5.10 Å². The Morgan fingerprint density at radius 2 is 2.14 bits per heavy atom. The van der Waals surface area contributed by atoms with Gasteiger partial charge < -0.3 is 4.79 Å². The average Bonchev–Trinajstić information content (AvgIpc) is 2.32. The van der Waals surface area contributed by atoms with E-state index in [1.165, 1.54) is 6.92 Å². The Morgan fingerprint density at radius 3 is 2.50 bits per heavy atom. The number of rotatable bonds is 2. The van der Waals surface area contributed by atoms with Gasteiger partial charge in [-0.05, 0) is 6.92 Å². The van der Waals surface area contributed by atoms with E-state index in [0.717, 1.165) is 4.68 Å². The first-order valence-electron chi connectivity index (χ1n) is 3.61. The standard InChI is InChI=1S/C7H6ClF3N2O/c1-4-5(8)6(7(9,10)11)12-13(4)2-3-14/h3H,2H2,1H3. The summed E-state index contributed by atoms with van der Waals surface area (Å²) in [5.74, 6) is 0. The number of carbonyl (C=O) groups excluding carboxylic acids is 1. The molecule has 0 fully saturated rings. The van der Waals surface area contributed by atoms with Gasteiger partial charge in [-0.2, -0.15) is 18.3 Å². The fourth-order valence-electron chi connectivity index (χ4n) is 0.954. The lowest BCUT2D eigenvalue weighted by atomic mass is 10.3. The maximum Gasteiger partial charge on any atom is 0.436 e. The Bertz CT molecular complexity index is 359. The van der Waals surface area contributed by atoms with E-state index in [1.807, 2.05) is 0 Å². The molecule has 0 N–H and O–H groups in total. The third-order valence-corrected chi connectivity index (χ3v) is 2.10. The first kappa shape index (κ1) is 11.0. The SMILES string of the molecule is Cc1c(Cl)c(C(F)(F)F)nn1CC=O. The van der Waals surface area contributed by atoms with Crippen molar-refractivity contribution >= 4 is 17.9 Å². The van der Waals surface area contributed by atoms with Crippen LogP contribution in [0.4, 0.5) is 13.2 Å². The number of hydrogen-bond acceptors (Lipinski definition) is 2. The van der Waals surface area contributed by atoms with Crippen LogP contribution in [0.5, 0.6) is 0 Å². The summed E-state index contributed by atoms with van der Waals surface area (Å²) >= 11 is 5.42. The molecule has 78 valence electrons. The maximum atomic E-state index is 12.2. The first-order chi connectivity index (χ1) is 6.38. The fraction of sp³-hybridized carbons (Fsp3) is 0.429. The van der Waals surface area contributed by atoms with Crippen LogP contribution in [-0.4, -0.2) is 16.1 Å². The average molecular weight is 227 g/mol. The summed E-state index contributed by atoms with van der Waals surface area (Å²) in [5.41, 5.74) is -1.02. The van der Waals surface area contributed by atoms with Crippen LogP contribution in [0.1, 0.15) is 11.4 Å². The van der Waals surface area contributed by atoms with Crippen molar-refractivity contribution in [2.75, 3.05) is 0 Å². The molecule has 14 heavy (non-hydrogen) atoms. The molecule has 1 aromatic heterocycles. The molecule has 0 aliphatic rings. The van der Waals surface area contributed by atoms with E-state index in [-0.39, 0.29) is 12.2 Å². The molecular formula is C7H6ClF3N2O. The van der Waals surface area contributed by atoms with Crippen molar-refractivity contribution < 1.29 is 18.0 Å². The predicted molar refractivity (Wildman–Crippen MR) is 43.0 cm³/mol. The summed E-state index contributed by atoms with van der Waals surface area (Å²) in [6.07, 6.45) is -4.13. The number of alkyl halides is 3. The summed E-state index contributed by atoms with van der Waals surface area (Å²) in [5, 5.41) is 2.74. The van der Waals surface area contributed by atoms with Gasteiger partial charge in [-0.1, -0.05) is 11.6 Å². The highest BCUT2D eigenvalue weighted by molar-refractivity contribution is 6.31. The molecule has 1 aromatic rings. The zero-order valence-electron chi connectivity index (χ0n) is 7.10. The van der Waals surface area contributed by atoms with Crippen molar-refractivity contribution in [3.05, 3.63) is 16.4 Å². The topological polar surface area (TPSA) is 34.9 Å². The van der Waals surface area contributed by atoms with Crippen LogP contribution in [-0.2, 0) is 17.5 Å². The molecule has 0 spiro atoms. The normalized spacial score (nSPS) is 11.8. The molecule has 0 amide bonds. The Hall–Kier alpha value is -1.04. The van der Waals surface area contributed by atoms with Gasteiger partial charge in [0.25, 0.3) is 0 Å². The van der Waals surface area contributed by atoms with Crippen molar-refractivity contribution in [2.24, 2.45) is 0 Å². The van der Waals surface area contributed by atoms with Crippen LogP contribution < -0.4 is 0 Å². The fourth-order valence-corrected chi connectivity index (χ4v) is 1.20. The summed E-state index contributed by atoms with van der Waals surface area (Å²) in [4.78, 5) is 10.1. The summed E-state index contributed by atoms with van der Waals surface area (Å²) < 4.78 is 37.6. The van der Waals surface area contributed by atoms with Gasteiger partial charge in [0.15, 0.2) is 5.69 Å². The van der Waals surface area contributed by atoms with Crippen LogP contribution in [0.2, 0.25) is 5.02 Å². The number of hydrogen-bond donors (Lipinski definition) is 0. The molecule has 1 rings (SSSR count). The maximum absolute atomic E-state index is 12.2. The molecule has 0 aromatic carbocycles. The van der Waals surface area contributed by atoms with Gasteiger partial charge in [-0.15, -0.1) is 0 Å². The molecule has 0 atom stereocenters. The lowest BCUT2D eigenvalue weighted by Gasteiger charge is -2.00. The van der Waals surface area contributed by atoms with Crippen LogP contribution >= 0.6 is 11.6 Å². The third kappa shape index (κ3) is 1.89. The van der Waals surface area contributed by atoms with Crippen molar-refractivity contribution in [2.45, 2.75) is 19.6 Å². The second kappa shape index (κ2) is 3.61. The van der Waals surface area contributed by atoms with Gasteiger partial charge in [0.2, 0.25) is 0 Å². The number of nitrogens with zero attached hydrogens (tertiary/aromatic N) is 2. The zero-order chi connectivity index (χ0) is 10.9. The molecular weight excluding hydrogens is 221 g/mol. The van der Waals surface area contributed by atoms with E-state index in [0.29, 0.717) is 6.29 Å². The molecule has 0 bridgehead atoms. The second-order valence-electron chi connectivity index (χ2n) is 2.59. The van der Waals surface area contributed by atoms with Gasteiger partial charge in [0.1, 0.15) is 6.29 Å². The Balaban J connectivity index is 3.21. The van der Waals surface area contributed by atoms with Gasteiger partial charge in [-0.25, -0.2) is 0 Å². The third-order valence-electron chi connectivity index (χ3n) is 1.65. The molecule has 0 aliphatic carbocycles. The van der Waals surface area contributed by atoms with Gasteiger partial charge in [-0.3, -0.25) is 4.68 Å². The molecule has 0 saturated carbocycles. The molecule has 3 nitrogen and oxygen atoms in total. The summed E-state index contributed by atoms with van der Waals surface area (Å²) in [6.45, 7) is 1.13. The number of aldehydes is 1. The van der Waals surface area contributed by atoms with E-state index in [9.17, 15) is 18.0 Å².